The Kier molecular flexibility index (Phi) is 5.20. The standard InChI is InChI=1S/C20H25ClFN9/c1-28-10-15(7-25-28)26-19-24-8-17(21)18(27-19)30-12-20(13-30,2-3-23)31-5-4-29-9-14(22)6-16(29)11-31/h7-8,10,14,16H,2,4-6,9,11-13H2,1H3,(H,24,26,27)/t14-,16+/m1/s1. The quantitative estimate of drug-likeness (QED) is 0.745. The molecule has 0 saturated carbocycles. The lowest BCUT2D eigenvalue weighted by molar-refractivity contribution is -0.000580. The largest absolute Gasteiger partial charge is 0.351 e. The molecule has 0 unspecified atom stereocenters. The van der Waals surface area contributed by atoms with Gasteiger partial charge in [-0.1, -0.05) is 11.6 Å². The average molecular weight is 446 g/mol. The maximum absolute atomic E-state index is 13.9. The molecule has 5 heterocycles. The zero-order valence-electron chi connectivity index (χ0n) is 17.4. The number of nitriles is 1. The third-order valence-electron chi connectivity index (χ3n) is 6.60. The predicted molar refractivity (Wildman–Crippen MR) is 115 cm³/mol. The topological polar surface area (TPSA) is 89.1 Å². The lowest BCUT2D eigenvalue weighted by Gasteiger charge is -2.58. The van der Waals surface area contributed by atoms with Gasteiger partial charge < -0.3 is 10.2 Å². The van der Waals surface area contributed by atoms with Crippen LogP contribution >= 0.6 is 11.6 Å². The minimum atomic E-state index is -0.736. The number of anilines is 3. The Morgan fingerprint density at radius 2 is 2.16 bits per heavy atom. The third-order valence-corrected chi connectivity index (χ3v) is 6.87. The molecular formula is C20H25ClFN9. The molecule has 11 heteroatoms. The van der Waals surface area contributed by atoms with Crippen LogP contribution < -0.4 is 10.2 Å². The summed E-state index contributed by atoms with van der Waals surface area (Å²) >= 11 is 6.42. The number of piperazine rings is 1. The fourth-order valence-electron chi connectivity index (χ4n) is 5.05. The summed E-state index contributed by atoms with van der Waals surface area (Å²) in [6.45, 7) is 4.38. The normalized spacial score (nSPS) is 25.7. The van der Waals surface area contributed by atoms with E-state index in [9.17, 15) is 9.65 Å². The first-order valence-corrected chi connectivity index (χ1v) is 10.9. The van der Waals surface area contributed by atoms with Crippen molar-refractivity contribution in [2.24, 2.45) is 7.05 Å². The molecule has 2 aromatic heterocycles. The Bertz CT molecular complexity index is 999. The van der Waals surface area contributed by atoms with Crippen LogP contribution in [0.2, 0.25) is 5.02 Å². The van der Waals surface area contributed by atoms with Crippen LogP contribution in [-0.2, 0) is 7.05 Å². The molecule has 0 aromatic carbocycles. The van der Waals surface area contributed by atoms with E-state index in [1.54, 1.807) is 17.1 Å². The number of fused-ring (bicyclic) bond motifs is 1. The van der Waals surface area contributed by atoms with Crippen molar-refractivity contribution < 1.29 is 4.39 Å². The van der Waals surface area contributed by atoms with Crippen LogP contribution in [0.25, 0.3) is 0 Å². The number of nitrogens with zero attached hydrogens (tertiary/aromatic N) is 8. The minimum absolute atomic E-state index is 0.242. The van der Waals surface area contributed by atoms with Gasteiger partial charge in [-0.2, -0.15) is 15.3 Å². The van der Waals surface area contributed by atoms with Gasteiger partial charge in [0.05, 0.1) is 36.1 Å². The van der Waals surface area contributed by atoms with Crippen molar-refractivity contribution in [3.05, 3.63) is 23.6 Å². The summed E-state index contributed by atoms with van der Waals surface area (Å²) < 4.78 is 15.6. The highest BCUT2D eigenvalue weighted by atomic mass is 35.5. The fourth-order valence-corrected chi connectivity index (χ4v) is 5.26. The molecule has 2 aromatic rings. The van der Waals surface area contributed by atoms with Gasteiger partial charge in [0, 0.05) is 58.6 Å². The van der Waals surface area contributed by atoms with Crippen molar-refractivity contribution in [3.8, 4) is 6.07 Å². The molecule has 3 saturated heterocycles. The molecule has 31 heavy (non-hydrogen) atoms. The van der Waals surface area contributed by atoms with Gasteiger partial charge in [0.25, 0.3) is 0 Å². The van der Waals surface area contributed by atoms with Gasteiger partial charge >= 0.3 is 0 Å². The molecule has 5 rings (SSSR count). The molecule has 3 fully saturated rings. The van der Waals surface area contributed by atoms with E-state index in [0.29, 0.717) is 49.3 Å². The summed E-state index contributed by atoms with van der Waals surface area (Å²) in [5.41, 5.74) is 0.541. The van der Waals surface area contributed by atoms with Gasteiger partial charge in [0.15, 0.2) is 5.82 Å². The third kappa shape index (κ3) is 3.82. The lowest BCUT2D eigenvalue weighted by atomic mass is 9.83. The van der Waals surface area contributed by atoms with Crippen molar-refractivity contribution in [1.29, 1.82) is 5.26 Å². The molecule has 2 atom stereocenters. The molecule has 1 N–H and O–H groups in total. The molecule has 0 amide bonds. The number of nitrogens with one attached hydrogen (secondary N) is 1. The molecule has 3 aliphatic rings. The van der Waals surface area contributed by atoms with Crippen LogP contribution in [0.3, 0.4) is 0 Å². The van der Waals surface area contributed by atoms with E-state index in [2.05, 4.69) is 41.2 Å². The number of alkyl halides is 1. The molecule has 3 aliphatic heterocycles. The van der Waals surface area contributed by atoms with Crippen molar-refractivity contribution >= 4 is 29.1 Å². The van der Waals surface area contributed by atoms with Crippen LogP contribution in [0.4, 0.5) is 21.8 Å². The monoisotopic (exact) mass is 445 g/mol. The molecule has 164 valence electrons. The summed E-state index contributed by atoms with van der Waals surface area (Å²) in [6.07, 6.45) is 5.41. The molecule has 0 bridgehead atoms. The second kappa shape index (κ2) is 7.89. The number of rotatable bonds is 5. The zero-order chi connectivity index (χ0) is 21.6. The molecule has 0 radical (unpaired) electrons. The van der Waals surface area contributed by atoms with E-state index in [-0.39, 0.29) is 11.6 Å². The Morgan fingerprint density at radius 1 is 1.32 bits per heavy atom. The van der Waals surface area contributed by atoms with E-state index >= 15 is 0 Å². The van der Waals surface area contributed by atoms with Crippen molar-refractivity contribution in [2.75, 3.05) is 49.5 Å². The fraction of sp³-hybridized carbons (Fsp3) is 0.600. The number of aryl methyl sites for hydroxylation is 1. The van der Waals surface area contributed by atoms with Crippen LogP contribution in [0.1, 0.15) is 12.8 Å². The summed E-state index contributed by atoms with van der Waals surface area (Å²) in [7, 11) is 1.84. The van der Waals surface area contributed by atoms with Crippen molar-refractivity contribution in [3.63, 3.8) is 0 Å². The molecular weight excluding hydrogens is 421 g/mol. The van der Waals surface area contributed by atoms with Gasteiger partial charge in [0.1, 0.15) is 11.2 Å². The first-order valence-electron chi connectivity index (χ1n) is 10.5. The van der Waals surface area contributed by atoms with Gasteiger partial charge in [-0.15, -0.1) is 0 Å². The van der Waals surface area contributed by atoms with Crippen molar-refractivity contribution in [1.82, 2.24) is 29.5 Å². The summed E-state index contributed by atoms with van der Waals surface area (Å²) in [6, 6.07) is 2.61. The van der Waals surface area contributed by atoms with Gasteiger partial charge in [-0.25, -0.2) is 9.37 Å². The second-order valence-corrected chi connectivity index (χ2v) is 9.14. The van der Waals surface area contributed by atoms with E-state index in [1.807, 2.05) is 13.2 Å². The van der Waals surface area contributed by atoms with E-state index < -0.39 is 6.17 Å². The van der Waals surface area contributed by atoms with Crippen LogP contribution in [-0.4, -0.2) is 86.6 Å². The maximum atomic E-state index is 13.9. The van der Waals surface area contributed by atoms with Crippen molar-refractivity contribution in [2.45, 2.75) is 30.6 Å². The Labute approximate surface area is 185 Å². The second-order valence-electron chi connectivity index (χ2n) is 8.74. The molecule has 0 spiro atoms. The number of hydrogen-bond donors (Lipinski definition) is 1. The average Bonchev–Trinajstić information content (AvgIpc) is 3.29. The maximum Gasteiger partial charge on any atom is 0.229 e. The highest BCUT2D eigenvalue weighted by Gasteiger charge is 2.51. The van der Waals surface area contributed by atoms with Crippen LogP contribution in [0.15, 0.2) is 18.6 Å². The summed E-state index contributed by atoms with van der Waals surface area (Å²) in [5.74, 6) is 1.10. The minimum Gasteiger partial charge on any atom is -0.351 e. The first-order chi connectivity index (χ1) is 15.0. The summed E-state index contributed by atoms with van der Waals surface area (Å²) in [5, 5.41) is 17.3. The van der Waals surface area contributed by atoms with Crippen LogP contribution in [0.5, 0.6) is 0 Å². The Balaban J connectivity index is 1.30. The lowest BCUT2D eigenvalue weighted by Crippen LogP contribution is -2.73. The highest BCUT2D eigenvalue weighted by Crippen LogP contribution is 2.39. The van der Waals surface area contributed by atoms with E-state index in [1.165, 1.54) is 0 Å². The SMILES string of the molecule is Cn1cc(Nc2ncc(Cl)c(N3CC(CC#N)(N4CCN5C[C@H](F)C[C@H]5C4)C3)n2)cn1. The number of halogens is 2. The van der Waals surface area contributed by atoms with Crippen LogP contribution in [0, 0.1) is 11.3 Å². The first kappa shape index (κ1) is 20.4. The zero-order valence-corrected chi connectivity index (χ0v) is 18.1. The van der Waals surface area contributed by atoms with E-state index in [4.69, 9.17) is 11.6 Å². The highest BCUT2D eigenvalue weighted by molar-refractivity contribution is 6.32. The predicted octanol–water partition coefficient (Wildman–Crippen LogP) is 1.81. The van der Waals surface area contributed by atoms with E-state index in [0.717, 1.165) is 25.3 Å². The number of hydrogen-bond acceptors (Lipinski definition) is 8. The molecule has 9 nitrogen and oxygen atoms in total. The smallest absolute Gasteiger partial charge is 0.229 e. The van der Waals surface area contributed by atoms with Gasteiger partial charge in [-0.3, -0.25) is 14.5 Å². The van der Waals surface area contributed by atoms with Gasteiger partial charge in [-0.05, 0) is 6.42 Å². The Morgan fingerprint density at radius 3 is 2.90 bits per heavy atom. The number of aromatic nitrogens is 4. The van der Waals surface area contributed by atoms with Gasteiger partial charge in [0.2, 0.25) is 5.95 Å². The Hall–Kier alpha value is -2.48. The molecule has 0 aliphatic carbocycles. The summed E-state index contributed by atoms with van der Waals surface area (Å²) in [4.78, 5) is 15.6.